The third-order valence-electron chi connectivity index (χ3n) is 14.6. The van der Waals surface area contributed by atoms with Crippen LogP contribution in [0.15, 0.2) is 134 Å². The Morgan fingerprint density at radius 1 is 0.253 bits per heavy atom. The van der Waals surface area contributed by atoms with E-state index in [0.29, 0.717) is 19.3 Å². The van der Waals surface area contributed by atoms with E-state index in [9.17, 15) is 14.4 Å². The lowest BCUT2D eigenvalue weighted by molar-refractivity contribution is -0.167. The summed E-state index contributed by atoms with van der Waals surface area (Å²) in [6, 6.07) is 0. The molecule has 1 unspecified atom stereocenters. The molecule has 0 aliphatic heterocycles. The van der Waals surface area contributed by atoms with Crippen LogP contribution in [0.3, 0.4) is 0 Å². The highest BCUT2D eigenvalue weighted by molar-refractivity contribution is 5.71. The minimum Gasteiger partial charge on any atom is -0.462 e. The molecule has 0 spiro atoms. The van der Waals surface area contributed by atoms with Gasteiger partial charge in [-0.05, 0) is 135 Å². The van der Waals surface area contributed by atoms with Crippen LogP contribution in [0.1, 0.15) is 316 Å². The van der Waals surface area contributed by atoms with Crippen LogP contribution >= 0.6 is 0 Å². The van der Waals surface area contributed by atoms with E-state index in [4.69, 9.17) is 14.2 Å². The Morgan fingerprint density at radius 2 is 0.470 bits per heavy atom. The average Bonchev–Trinajstić information content (AvgIpc) is 3.50. The summed E-state index contributed by atoms with van der Waals surface area (Å²) in [6.07, 6.45) is 99.1. The van der Waals surface area contributed by atoms with Gasteiger partial charge in [0.25, 0.3) is 0 Å². The van der Waals surface area contributed by atoms with E-state index in [1.807, 2.05) is 0 Å². The summed E-state index contributed by atoms with van der Waals surface area (Å²) < 4.78 is 16.9. The Balaban J connectivity index is 4.31. The van der Waals surface area contributed by atoms with Crippen molar-refractivity contribution in [3.05, 3.63) is 134 Å². The minimum atomic E-state index is -0.807. The smallest absolute Gasteiger partial charge is 0.306 e. The largest absolute Gasteiger partial charge is 0.462 e. The van der Waals surface area contributed by atoms with E-state index in [2.05, 4.69) is 154 Å². The summed E-state index contributed by atoms with van der Waals surface area (Å²) in [5.74, 6) is -0.941. The Kier molecular flexibility index (Phi) is 66.3. The topological polar surface area (TPSA) is 78.9 Å². The van der Waals surface area contributed by atoms with Crippen LogP contribution in [-0.4, -0.2) is 37.2 Å². The lowest BCUT2D eigenvalue weighted by Crippen LogP contribution is -2.30. The highest BCUT2D eigenvalue weighted by atomic mass is 16.6. The van der Waals surface area contributed by atoms with E-state index in [-0.39, 0.29) is 31.1 Å². The molecule has 0 aromatic heterocycles. The maximum atomic E-state index is 12.9. The summed E-state index contributed by atoms with van der Waals surface area (Å²) in [7, 11) is 0. The molecule has 0 saturated carbocycles. The highest BCUT2D eigenvalue weighted by Crippen LogP contribution is 2.16. The number of hydrogen-bond acceptors (Lipinski definition) is 6. The van der Waals surface area contributed by atoms with Gasteiger partial charge in [-0.3, -0.25) is 14.4 Å². The number of carbonyl (C=O) groups excluding carboxylic acids is 3. The second-order valence-corrected chi connectivity index (χ2v) is 22.7. The van der Waals surface area contributed by atoms with Gasteiger partial charge in [0.2, 0.25) is 0 Å². The molecule has 1 atom stereocenters. The molecular formula is C77H128O6. The van der Waals surface area contributed by atoms with Crippen LogP contribution in [0.4, 0.5) is 0 Å². The Bertz CT molecular complexity index is 1750. The van der Waals surface area contributed by atoms with E-state index in [1.54, 1.807) is 0 Å². The first-order valence-electron chi connectivity index (χ1n) is 34.7. The molecular weight excluding hydrogens is 1020 g/mol. The molecule has 6 nitrogen and oxygen atoms in total. The van der Waals surface area contributed by atoms with Gasteiger partial charge in [0.05, 0.1) is 0 Å². The molecule has 0 radical (unpaired) electrons. The Labute approximate surface area is 513 Å². The van der Waals surface area contributed by atoms with Gasteiger partial charge in [-0.25, -0.2) is 0 Å². The molecule has 0 heterocycles. The van der Waals surface area contributed by atoms with Crippen molar-refractivity contribution >= 4 is 17.9 Å². The zero-order valence-electron chi connectivity index (χ0n) is 54.2. The van der Waals surface area contributed by atoms with Crippen LogP contribution in [-0.2, 0) is 28.6 Å². The van der Waals surface area contributed by atoms with Gasteiger partial charge in [-0.15, -0.1) is 0 Å². The van der Waals surface area contributed by atoms with Crippen LogP contribution < -0.4 is 0 Å². The highest BCUT2D eigenvalue weighted by Gasteiger charge is 2.19. The molecule has 6 heteroatoms. The summed E-state index contributed by atoms with van der Waals surface area (Å²) in [5, 5.41) is 0. The molecule has 0 rings (SSSR count). The normalized spacial score (nSPS) is 13.0. The summed E-state index contributed by atoms with van der Waals surface area (Å²) in [4.78, 5) is 38.4. The maximum absolute atomic E-state index is 12.9. The molecule has 0 N–H and O–H groups in total. The maximum Gasteiger partial charge on any atom is 0.306 e. The lowest BCUT2D eigenvalue weighted by atomic mass is 10.0. The molecule has 0 amide bonds. The number of allylic oxidation sites excluding steroid dienone is 22. The molecule has 0 aromatic rings. The second-order valence-electron chi connectivity index (χ2n) is 22.7. The zero-order valence-corrected chi connectivity index (χ0v) is 54.2. The minimum absolute atomic E-state index is 0.0984. The molecule has 0 bridgehead atoms. The van der Waals surface area contributed by atoms with E-state index in [1.165, 1.54) is 128 Å². The number of carbonyl (C=O) groups is 3. The first-order chi connectivity index (χ1) is 41.0. The molecule has 472 valence electrons. The van der Waals surface area contributed by atoms with E-state index >= 15 is 0 Å². The molecule has 0 aliphatic carbocycles. The predicted octanol–water partition coefficient (Wildman–Crippen LogP) is 24.1. The van der Waals surface area contributed by atoms with Crippen molar-refractivity contribution in [1.29, 1.82) is 0 Å². The van der Waals surface area contributed by atoms with Crippen molar-refractivity contribution in [1.82, 2.24) is 0 Å². The van der Waals surface area contributed by atoms with Crippen LogP contribution in [0.5, 0.6) is 0 Å². The predicted molar refractivity (Wildman–Crippen MR) is 362 cm³/mol. The van der Waals surface area contributed by atoms with Crippen LogP contribution in [0, 0.1) is 0 Å². The summed E-state index contributed by atoms with van der Waals surface area (Å²) in [6.45, 7) is 6.38. The van der Waals surface area contributed by atoms with Gasteiger partial charge in [-0.2, -0.15) is 0 Å². The zero-order chi connectivity index (χ0) is 59.9. The summed E-state index contributed by atoms with van der Waals surface area (Å²) >= 11 is 0. The number of esters is 3. The number of hydrogen-bond donors (Lipinski definition) is 0. The quantitative estimate of drug-likeness (QED) is 0.0261. The summed E-state index contributed by atoms with van der Waals surface area (Å²) in [5.41, 5.74) is 0. The first kappa shape index (κ1) is 78.5. The van der Waals surface area contributed by atoms with Gasteiger partial charge >= 0.3 is 17.9 Å². The van der Waals surface area contributed by atoms with E-state index in [0.717, 1.165) is 148 Å². The number of rotatable bonds is 62. The molecule has 0 fully saturated rings. The fourth-order valence-electron chi connectivity index (χ4n) is 9.49. The molecule has 0 aromatic carbocycles. The monoisotopic (exact) mass is 1150 g/mol. The Morgan fingerprint density at radius 3 is 0.735 bits per heavy atom. The SMILES string of the molecule is CC/C=C\C/C=C\C/C=C\C/C=C\CCCCCCC(=O)OCC(COC(=O)CCCCCCCCCCCCCCCCCC/C=C\C/C=C\C/C=C\CCCCCCC)OC(=O)CCCCCC/C=C\C/C=C\C/C=C\C/C=C\CC. The fourth-order valence-corrected chi connectivity index (χ4v) is 9.49. The van der Waals surface area contributed by atoms with Crippen molar-refractivity contribution in [3.63, 3.8) is 0 Å². The fraction of sp³-hybridized carbons (Fsp3) is 0.675. The van der Waals surface area contributed by atoms with Gasteiger partial charge in [0.1, 0.15) is 13.2 Å². The molecule has 83 heavy (non-hydrogen) atoms. The number of unbranched alkanes of at least 4 members (excludes halogenated alkanes) is 29. The second kappa shape index (κ2) is 70.0. The van der Waals surface area contributed by atoms with Crippen molar-refractivity contribution < 1.29 is 28.6 Å². The van der Waals surface area contributed by atoms with Crippen LogP contribution in [0.2, 0.25) is 0 Å². The van der Waals surface area contributed by atoms with Crippen molar-refractivity contribution in [2.45, 2.75) is 322 Å². The van der Waals surface area contributed by atoms with Gasteiger partial charge < -0.3 is 14.2 Å². The standard InChI is InChI=1S/C77H128O6/c1-4-7-10-13-16-19-22-25-28-31-32-33-34-35-36-37-38-39-40-41-42-43-44-47-49-52-55-58-61-64-67-70-76(79)82-73-74(83-77(80)71-68-65-62-59-56-53-50-46-30-27-24-21-18-15-12-9-6-3)72-81-75(78)69-66-63-60-57-54-51-48-45-29-26-23-20-17-14-11-8-5-2/h8-9,11-12,17-18,20-22,25-27,29-32,34-35,48,50-51,53,74H,4-7,10,13-16,19,23-24,28,33,36-47,49,52,54-73H2,1-3H3/b11-8-,12-9-,20-17-,21-18-,25-22-,29-26-,30-27-,32-31-,35-34-,51-48-,53-50-. The average molecular weight is 1150 g/mol. The van der Waals surface area contributed by atoms with Gasteiger partial charge in [0.15, 0.2) is 6.10 Å². The lowest BCUT2D eigenvalue weighted by Gasteiger charge is -2.18. The van der Waals surface area contributed by atoms with Crippen molar-refractivity contribution in [3.8, 4) is 0 Å². The third-order valence-corrected chi connectivity index (χ3v) is 14.6. The van der Waals surface area contributed by atoms with Gasteiger partial charge in [-0.1, -0.05) is 296 Å². The third kappa shape index (κ3) is 68.2. The van der Waals surface area contributed by atoms with E-state index < -0.39 is 6.10 Å². The number of ether oxygens (including phenoxy) is 3. The van der Waals surface area contributed by atoms with Crippen LogP contribution in [0.25, 0.3) is 0 Å². The van der Waals surface area contributed by atoms with Crippen molar-refractivity contribution in [2.75, 3.05) is 13.2 Å². The molecule has 0 saturated heterocycles. The Hall–Kier alpha value is -4.45. The van der Waals surface area contributed by atoms with Gasteiger partial charge in [0, 0.05) is 19.3 Å². The first-order valence-corrected chi connectivity index (χ1v) is 34.7. The van der Waals surface area contributed by atoms with Crippen molar-refractivity contribution in [2.24, 2.45) is 0 Å². The molecule has 0 aliphatic rings.